The molecule has 0 N–H and O–H groups in total. The lowest BCUT2D eigenvalue weighted by Gasteiger charge is -2.39. The number of amides is 1. The molecule has 6 rings (SSSR count). The molecule has 1 amide bonds. The number of fused-ring (bicyclic) bond motifs is 1. The van der Waals surface area contributed by atoms with Crippen molar-refractivity contribution in [2.45, 2.75) is 12.8 Å². The van der Waals surface area contributed by atoms with Gasteiger partial charge in [-0.2, -0.15) is 0 Å². The standard InChI is InChI=1S/C28H25FN6O4/c1-17-30-10-9-23(31-17)20-15-34(16-20)28(36)19-5-3-18(4-6-19)24-14-26(39-33-24)27-22-8-7-21(38-12-11-37-2)13-25(22)35(29)32-27/h3-10,13-14,20H,11-12,15-16H2,1-2H3. The molecule has 198 valence electrons. The van der Waals surface area contributed by atoms with Gasteiger partial charge >= 0.3 is 0 Å². The second kappa shape index (κ2) is 10.3. The van der Waals surface area contributed by atoms with Crippen LogP contribution in [0, 0.1) is 6.92 Å². The summed E-state index contributed by atoms with van der Waals surface area (Å²) in [6, 6.07) is 15.8. The van der Waals surface area contributed by atoms with Crippen molar-refractivity contribution in [2.24, 2.45) is 0 Å². The molecule has 5 aromatic rings. The predicted molar refractivity (Wildman–Crippen MR) is 140 cm³/mol. The second-order valence-corrected chi connectivity index (χ2v) is 9.32. The molecule has 11 heteroatoms. The lowest BCUT2D eigenvalue weighted by atomic mass is 9.95. The van der Waals surface area contributed by atoms with Gasteiger partial charge in [0.25, 0.3) is 5.91 Å². The molecule has 3 aromatic heterocycles. The van der Waals surface area contributed by atoms with Gasteiger partial charge in [-0.3, -0.25) is 4.79 Å². The molecule has 0 spiro atoms. The Morgan fingerprint density at radius 2 is 1.92 bits per heavy atom. The highest BCUT2D eigenvalue weighted by Gasteiger charge is 2.33. The lowest BCUT2D eigenvalue weighted by molar-refractivity contribution is 0.0598. The summed E-state index contributed by atoms with van der Waals surface area (Å²) in [5, 5.41) is 8.69. The summed E-state index contributed by atoms with van der Waals surface area (Å²) in [5.74, 6) is 1.76. The second-order valence-electron chi connectivity index (χ2n) is 9.32. The number of aromatic nitrogens is 5. The molecule has 0 saturated carbocycles. The van der Waals surface area contributed by atoms with Gasteiger partial charge in [0.05, 0.1) is 12.3 Å². The van der Waals surface area contributed by atoms with Gasteiger partial charge in [0.2, 0.25) is 0 Å². The minimum absolute atomic E-state index is 0.0325. The van der Waals surface area contributed by atoms with Crippen LogP contribution in [0.25, 0.3) is 33.6 Å². The van der Waals surface area contributed by atoms with E-state index in [2.05, 4.69) is 20.2 Å². The van der Waals surface area contributed by atoms with Gasteiger partial charge in [-0.1, -0.05) is 26.7 Å². The number of halogens is 1. The summed E-state index contributed by atoms with van der Waals surface area (Å²) in [5.41, 5.74) is 3.44. The number of ether oxygens (including phenoxy) is 2. The highest BCUT2D eigenvalue weighted by atomic mass is 19.2. The topological polar surface area (TPSA) is 108 Å². The number of hydrogen-bond acceptors (Lipinski definition) is 8. The van der Waals surface area contributed by atoms with Crippen LogP contribution in [0.2, 0.25) is 0 Å². The van der Waals surface area contributed by atoms with Crippen LogP contribution in [-0.2, 0) is 4.74 Å². The monoisotopic (exact) mass is 528 g/mol. The Bertz CT molecular complexity index is 1640. The van der Waals surface area contributed by atoms with Crippen LogP contribution in [0.5, 0.6) is 5.75 Å². The number of benzene rings is 2. The Kier molecular flexibility index (Phi) is 6.49. The highest BCUT2D eigenvalue weighted by Crippen LogP contribution is 2.33. The van der Waals surface area contributed by atoms with Crippen LogP contribution in [0.1, 0.15) is 27.8 Å². The van der Waals surface area contributed by atoms with Crippen molar-refractivity contribution in [3.8, 4) is 28.5 Å². The molecule has 4 heterocycles. The molecule has 0 radical (unpaired) electrons. The molecule has 10 nitrogen and oxygen atoms in total. The van der Waals surface area contributed by atoms with E-state index in [1.54, 1.807) is 54.6 Å². The molecule has 39 heavy (non-hydrogen) atoms. The smallest absolute Gasteiger partial charge is 0.253 e. The van der Waals surface area contributed by atoms with Gasteiger partial charge in [0.15, 0.2) is 5.76 Å². The van der Waals surface area contributed by atoms with E-state index < -0.39 is 0 Å². The highest BCUT2D eigenvalue weighted by molar-refractivity contribution is 5.95. The fraction of sp³-hybridized carbons (Fsp3) is 0.250. The zero-order chi connectivity index (χ0) is 26.9. The van der Waals surface area contributed by atoms with E-state index in [9.17, 15) is 9.28 Å². The molecule has 2 aromatic carbocycles. The number of likely N-dealkylation sites (tertiary alicyclic amines) is 1. The average molecular weight is 529 g/mol. The first kappa shape index (κ1) is 24.7. The molecular weight excluding hydrogens is 503 g/mol. The fourth-order valence-corrected chi connectivity index (χ4v) is 4.60. The first-order chi connectivity index (χ1) is 19.0. The molecule has 0 atom stereocenters. The molecular formula is C28H25FN6O4. The van der Waals surface area contributed by atoms with E-state index in [0.717, 1.165) is 17.1 Å². The molecule has 1 aliphatic heterocycles. The first-order valence-corrected chi connectivity index (χ1v) is 12.5. The quantitative estimate of drug-likeness (QED) is 0.272. The Balaban J connectivity index is 1.14. The fourth-order valence-electron chi connectivity index (χ4n) is 4.60. The Morgan fingerprint density at radius 1 is 1.10 bits per heavy atom. The van der Waals surface area contributed by atoms with E-state index in [-0.39, 0.29) is 17.3 Å². The van der Waals surface area contributed by atoms with Crippen LogP contribution in [0.15, 0.2) is 65.3 Å². The molecule has 0 unspecified atom stereocenters. The summed E-state index contributed by atoms with van der Waals surface area (Å²) in [4.78, 5) is 23.6. The van der Waals surface area contributed by atoms with Gasteiger partial charge in [-0.25, -0.2) is 9.97 Å². The summed E-state index contributed by atoms with van der Waals surface area (Å²) < 4.78 is 30.6. The zero-order valence-corrected chi connectivity index (χ0v) is 21.4. The maximum atomic E-state index is 14.6. The number of rotatable bonds is 8. The van der Waals surface area contributed by atoms with Crippen molar-refractivity contribution in [1.29, 1.82) is 0 Å². The van der Waals surface area contributed by atoms with Crippen molar-refractivity contribution in [3.05, 3.63) is 77.9 Å². The predicted octanol–water partition coefficient (Wildman–Crippen LogP) is 4.45. The third kappa shape index (κ3) is 4.84. The van der Waals surface area contributed by atoms with Crippen LogP contribution in [-0.4, -0.2) is 69.3 Å². The summed E-state index contributed by atoms with van der Waals surface area (Å²) in [6.45, 7) is 3.89. The first-order valence-electron chi connectivity index (χ1n) is 12.5. The SMILES string of the molecule is COCCOc1ccc2c(-c3cc(-c4ccc(C(=O)N5CC(c6ccnc(C)n6)C5)cc4)no3)nn(F)c2c1. The molecule has 0 aliphatic carbocycles. The van der Waals surface area contributed by atoms with Gasteiger partial charge < -0.3 is 18.9 Å². The van der Waals surface area contributed by atoms with Crippen LogP contribution in [0.4, 0.5) is 4.48 Å². The van der Waals surface area contributed by atoms with Crippen LogP contribution in [0.3, 0.4) is 0 Å². The van der Waals surface area contributed by atoms with Gasteiger partial charge in [-0.05, 0) is 37.3 Å². The minimum Gasteiger partial charge on any atom is -0.491 e. The average Bonchev–Trinajstić information content (AvgIpc) is 3.53. The van der Waals surface area contributed by atoms with E-state index in [4.69, 9.17) is 14.0 Å². The van der Waals surface area contributed by atoms with E-state index in [1.165, 1.54) is 0 Å². The lowest BCUT2D eigenvalue weighted by Crippen LogP contribution is -2.48. The Hall–Kier alpha value is -4.64. The van der Waals surface area contributed by atoms with Gasteiger partial charge in [-0.15, -0.1) is 5.10 Å². The molecule has 0 bridgehead atoms. The van der Waals surface area contributed by atoms with Gasteiger partial charge in [0, 0.05) is 61.0 Å². The van der Waals surface area contributed by atoms with E-state index in [0.29, 0.717) is 65.1 Å². The zero-order valence-electron chi connectivity index (χ0n) is 21.4. The number of nitrogens with zero attached hydrogens (tertiary/aromatic N) is 6. The van der Waals surface area contributed by atoms with Crippen molar-refractivity contribution in [1.82, 2.24) is 30.0 Å². The van der Waals surface area contributed by atoms with Crippen LogP contribution < -0.4 is 4.74 Å². The molecule has 1 aliphatic rings. The van der Waals surface area contributed by atoms with Crippen molar-refractivity contribution in [3.63, 3.8) is 0 Å². The molecule has 1 saturated heterocycles. The number of aryl methyl sites for hydroxylation is 1. The summed E-state index contributed by atoms with van der Waals surface area (Å²) >= 11 is 0. The normalized spacial score (nSPS) is 13.6. The third-order valence-electron chi connectivity index (χ3n) is 6.72. The molecule has 1 fully saturated rings. The number of hydrogen-bond donors (Lipinski definition) is 0. The Morgan fingerprint density at radius 3 is 2.69 bits per heavy atom. The van der Waals surface area contributed by atoms with Crippen molar-refractivity contribution < 1.29 is 23.3 Å². The number of carbonyl (C=O) groups is 1. The minimum atomic E-state index is -0.0325. The van der Waals surface area contributed by atoms with E-state index in [1.807, 2.05) is 25.1 Å². The number of carbonyl (C=O) groups excluding carboxylic acids is 1. The van der Waals surface area contributed by atoms with Gasteiger partial charge in [0.1, 0.15) is 35.1 Å². The third-order valence-corrected chi connectivity index (χ3v) is 6.72. The van der Waals surface area contributed by atoms with Crippen molar-refractivity contribution >= 4 is 16.8 Å². The van der Waals surface area contributed by atoms with E-state index >= 15 is 0 Å². The largest absolute Gasteiger partial charge is 0.491 e. The van der Waals surface area contributed by atoms with Crippen molar-refractivity contribution in [2.75, 3.05) is 33.4 Å². The number of methoxy groups -OCH3 is 1. The summed E-state index contributed by atoms with van der Waals surface area (Å²) in [7, 11) is 1.58. The summed E-state index contributed by atoms with van der Waals surface area (Å²) in [6.07, 6.45) is 1.75. The Labute approximate surface area is 222 Å². The maximum Gasteiger partial charge on any atom is 0.253 e. The van der Waals surface area contributed by atoms with Crippen LogP contribution >= 0.6 is 0 Å². The maximum absolute atomic E-state index is 14.6.